The van der Waals surface area contributed by atoms with Crippen molar-refractivity contribution in [2.75, 3.05) is 19.0 Å². The van der Waals surface area contributed by atoms with Gasteiger partial charge in [0.15, 0.2) is 0 Å². The highest BCUT2D eigenvalue weighted by Crippen LogP contribution is 2.21. The molecule has 3 aromatic rings. The van der Waals surface area contributed by atoms with Crippen molar-refractivity contribution >= 4 is 22.5 Å². The molecule has 26 heavy (non-hydrogen) atoms. The number of likely N-dealkylation sites (N-methyl/N-ethyl adjacent to an activating group) is 1. The van der Waals surface area contributed by atoms with Gasteiger partial charge in [-0.05, 0) is 31.2 Å². The first kappa shape index (κ1) is 16.8. The normalized spacial score (nSPS) is 14.8. The second-order valence-electron chi connectivity index (χ2n) is 6.53. The lowest BCUT2D eigenvalue weighted by Gasteiger charge is -2.18. The molecule has 1 aliphatic heterocycles. The molecule has 1 amide bonds. The molecular weight excluding hydrogens is 328 g/mol. The molecule has 6 nitrogen and oxygen atoms in total. The van der Waals surface area contributed by atoms with Gasteiger partial charge in [-0.1, -0.05) is 18.2 Å². The molecule has 0 bridgehead atoms. The summed E-state index contributed by atoms with van der Waals surface area (Å²) < 4.78 is 5.47. The molecule has 6 heteroatoms. The van der Waals surface area contributed by atoms with Crippen molar-refractivity contribution < 1.29 is 9.53 Å². The number of amides is 1. The van der Waals surface area contributed by atoms with Crippen LogP contribution in [-0.2, 0) is 29.0 Å². The van der Waals surface area contributed by atoms with E-state index in [1.807, 2.05) is 30.5 Å². The van der Waals surface area contributed by atoms with E-state index < -0.39 is 0 Å². The summed E-state index contributed by atoms with van der Waals surface area (Å²) in [4.78, 5) is 20.4. The number of hydrogen-bond donors (Lipinski definition) is 3. The van der Waals surface area contributed by atoms with Gasteiger partial charge in [-0.2, -0.15) is 0 Å². The molecule has 134 valence electrons. The summed E-state index contributed by atoms with van der Waals surface area (Å²) in [5, 5.41) is 7.24. The van der Waals surface area contributed by atoms with E-state index in [0.29, 0.717) is 25.3 Å². The van der Waals surface area contributed by atoms with Gasteiger partial charge < -0.3 is 20.4 Å². The molecule has 0 saturated carbocycles. The number of aromatic nitrogens is 2. The van der Waals surface area contributed by atoms with E-state index in [0.717, 1.165) is 34.1 Å². The molecule has 0 aliphatic carbocycles. The van der Waals surface area contributed by atoms with Crippen molar-refractivity contribution in [3.05, 3.63) is 59.5 Å². The molecular formula is C20H22N4O2. The highest BCUT2D eigenvalue weighted by atomic mass is 16.5. The molecule has 0 radical (unpaired) electrons. The summed E-state index contributed by atoms with van der Waals surface area (Å²) >= 11 is 0. The average Bonchev–Trinajstić information content (AvgIpc) is 3.09. The number of carbonyl (C=O) groups excluding carboxylic acids is 1. The molecule has 0 saturated heterocycles. The maximum atomic E-state index is 12.7. The molecule has 0 spiro atoms. The number of benzene rings is 1. The van der Waals surface area contributed by atoms with Crippen molar-refractivity contribution in [2.24, 2.45) is 0 Å². The number of para-hydroxylation sites is 1. The number of carbonyl (C=O) groups is 1. The van der Waals surface area contributed by atoms with Gasteiger partial charge in [-0.15, -0.1) is 0 Å². The minimum Gasteiger partial charge on any atom is -0.376 e. The number of H-pyrrole nitrogens is 1. The van der Waals surface area contributed by atoms with E-state index in [-0.39, 0.29) is 11.9 Å². The maximum absolute atomic E-state index is 12.7. The van der Waals surface area contributed by atoms with Gasteiger partial charge in [0, 0.05) is 34.8 Å². The summed E-state index contributed by atoms with van der Waals surface area (Å²) in [5.74, 6) is -0.0729. The lowest BCUT2D eigenvalue weighted by Crippen LogP contribution is -2.40. The average molecular weight is 350 g/mol. The van der Waals surface area contributed by atoms with Crippen molar-refractivity contribution in [3.8, 4) is 0 Å². The predicted molar refractivity (Wildman–Crippen MR) is 101 cm³/mol. The first-order valence-electron chi connectivity index (χ1n) is 8.83. The lowest BCUT2D eigenvalue weighted by molar-refractivity contribution is -0.118. The Bertz CT molecular complexity index is 934. The first-order chi connectivity index (χ1) is 12.7. The first-order valence-corrected chi connectivity index (χ1v) is 8.83. The fraction of sp³-hybridized carbons (Fsp3) is 0.300. The zero-order valence-corrected chi connectivity index (χ0v) is 14.7. The van der Waals surface area contributed by atoms with Crippen molar-refractivity contribution in [1.82, 2.24) is 15.3 Å². The number of rotatable bonds is 5. The van der Waals surface area contributed by atoms with Crippen LogP contribution in [0, 0.1) is 0 Å². The lowest BCUT2D eigenvalue weighted by atomic mass is 10.0. The number of ether oxygens (including phenoxy) is 1. The number of nitrogens with zero attached hydrogens (tertiary/aromatic N) is 1. The molecule has 1 unspecified atom stereocenters. The molecule has 1 aromatic carbocycles. The number of hydrogen-bond acceptors (Lipinski definition) is 4. The van der Waals surface area contributed by atoms with Crippen LogP contribution >= 0.6 is 0 Å². The van der Waals surface area contributed by atoms with Crippen molar-refractivity contribution in [1.29, 1.82) is 0 Å². The van der Waals surface area contributed by atoms with Crippen LogP contribution in [0.4, 0.5) is 5.69 Å². The van der Waals surface area contributed by atoms with E-state index in [9.17, 15) is 4.79 Å². The Labute approximate surface area is 152 Å². The second-order valence-corrected chi connectivity index (χ2v) is 6.53. The van der Waals surface area contributed by atoms with E-state index in [4.69, 9.17) is 4.74 Å². The van der Waals surface area contributed by atoms with Crippen LogP contribution in [0.2, 0.25) is 0 Å². The van der Waals surface area contributed by atoms with Crippen LogP contribution < -0.4 is 10.6 Å². The number of anilines is 1. The van der Waals surface area contributed by atoms with Crippen LogP contribution in [0.15, 0.2) is 42.7 Å². The molecule has 3 heterocycles. The zero-order valence-electron chi connectivity index (χ0n) is 14.7. The smallest absolute Gasteiger partial charge is 0.241 e. The Morgan fingerprint density at radius 2 is 2.27 bits per heavy atom. The quantitative estimate of drug-likeness (QED) is 0.660. The van der Waals surface area contributed by atoms with E-state index in [1.165, 1.54) is 0 Å². The van der Waals surface area contributed by atoms with Crippen LogP contribution in [0.3, 0.4) is 0 Å². The SMILES string of the molecule is CNC(Cc1c[nH]c2ccccc12)C(=O)Nc1cnc2c(c1)COCC2. The number of fused-ring (bicyclic) bond motifs is 2. The van der Waals surface area contributed by atoms with Gasteiger partial charge in [-0.3, -0.25) is 9.78 Å². The number of pyridine rings is 1. The van der Waals surface area contributed by atoms with Crippen LogP contribution in [0.5, 0.6) is 0 Å². The summed E-state index contributed by atoms with van der Waals surface area (Å²) in [7, 11) is 1.80. The largest absolute Gasteiger partial charge is 0.376 e. The Hall–Kier alpha value is -2.70. The zero-order chi connectivity index (χ0) is 17.9. The van der Waals surface area contributed by atoms with Crippen LogP contribution in [0.25, 0.3) is 10.9 Å². The standard InChI is InChI=1S/C20H22N4O2/c1-21-19(9-13-10-22-18-5-3-2-4-16(13)18)20(25)24-15-8-14-12-26-7-6-17(14)23-11-15/h2-5,8,10-11,19,21-22H,6-7,9,12H2,1H3,(H,24,25). The second kappa shape index (κ2) is 7.27. The summed E-state index contributed by atoms with van der Waals surface area (Å²) in [6.45, 7) is 1.26. The van der Waals surface area contributed by atoms with E-state index in [2.05, 4.69) is 26.7 Å². The van der Waals surface area contributed by atoms with E-state index in [1.54, 1.807) is 13.2 Å². The third-order valence-corrected chi connectivity index (χ3v) is 4.83. The topological polar surface area (TPSA) is 79.0 Å². The van der Waals surface area contributed by atoms with Gasteiger partial charge in [-0.25, -0.2) is 0 Å². The molecule has 0 fully saturated rings. The van der Waals surface area contributed by atoms with Gasteiger partial charge >= 0.3 is 0 Å². The fourth-order valence-electron chi connectivity index (χ4n) is 3.38. The highest BCUT2D eigenvalue weighted by molar-refractivity contribution is 5.95. The highest BCUT2D eigenvalue weighted by Gasteiger charge is 2.20. The molecule has 3 N–H and O–H groups in total. The van der Waals surface area contributed by atoms with Crippen molar-refractivity contribution in [2.45, 2.75) is 25.5 Å². The minimum absolute atomic E-state index is 0.0729. The molecule has 4 rings (SSSR count). The van der Waals surface area contributed by atoms with Gasteiger partial charge in [0.1, 0.15) is 0 Å². The Morgan fingerprint density at radius 1 is 1.38 bits per heavy atom. The molecule has 2 aromatic heterocycles. The van der Waals surface area contributed by atoms with Gasteiger partial charge in [0.05, 0.1) is 31.1 Å². The van der Waals surface area contributed by atoms with Gasteiger partial charge in [0.2, 0.25) is 5.91 Å². The Morgan fingerprint density at radius 3 is 3.15 bits per heavy atom. The summed E-state index contributed by atoms with van der Waals surface area (Å²) in [6.07, 6.45) is 5.12. The third kappa shape index (κ3) is 3.34. The number of aromatic amines is 1. The third-order valence-electron chi connectivity index (χ3n) is 4.83. The van der Waals surface area contributed by atoms with Crippen LogP contribution in [0.1, 0.15) is 16.8 Å². The number of nitrogens with one attached hydrogen (secondary N) is 3. The van der Waals surface area contributed by atoms with E-state index >= 15 is 0 Å². The van der Waals surface area contributed by atoms with Gasteiger partial charge in [0.25, 0.3) is 0 Å². The summed E-state index contributed by atoms with van der Waals surface area (Å²) in [5.41, 5.74) is 5.01. The molecule has 1 aliphatic rings. The van der Waals surface area contributed by atoms with Crippen LogP contribution in [-0.4, -0.2) is 35.6 Å². The minimum atomic E-state index is -0.332. The van der Waals surface area contributed by atoms with Crippen molar-refractivity contribution in [3.63, 3.8) is 0 Å². The molecule has 1 atom stereocenters. The fourth-order valence-corrected chi connectivity index (χ4v) is 3.38. The Balaban J connectivity index is 1.49. The summed E-state index contributed by atoms with van der Waals surface area (Å²) in [6, 6.07) is 9.74. The predicted octanol–water partition coefficient (Wildman–Crippen LogP) is 2.40. The maximum Gasteiger partial charge on any atom is 0.241 e. The monoisotopic (exact) mass is 350 g/mol. The Kier molecular flexibility index (Phi) is 4.69.